The summed E-state index contributed by atoms with van der Waals surface area (Å²) >= 11 is 0. The van der Waals surface area contributed by atoms with E-state index >= 15 is 0 Å². The Hall–Kier alpha value is -5.20. The summed E-state index contributed by atoms with van der Waals surface area (Å²) < 4.78 is 0. The maximum Gasteiger partial charge on any atom is 0.0159 e. The molecule has 7 aromatic carbocycles. The van der Waals surface area contributed by atoms with E-state index in [1.165, 1.54) is 88.3 Å². The molecule has 0 heteroatoms. The van der Waals surface area contributed by atoms with Crippen molar-refractivity contribution >= 4 is 33.2 Å². The largest absolute Gasteiger partial charge is 0.0622 e. The first-order valence-electron chi connectivity index (χ1n) is 16.4. The molecule has 7 aromatic rings. The van der Waals surface area contributed by atoms with Gasteiger partial charge in [0, 0.05) is 10.8 Å². The fourth-order valence-electron chi connectivity index (χ4n) is 8.52. The molecule has 0 nitrogen and oxygen atoms in total. The Bertz CT molecular complexity index is 2400. The Morgan fingerprint density at radius 1 is 0.370 bits per heavy atom. The van der Waals surface area contributed by atoms with E-state index in [1.54, 1.807) is 0 Å². The van der Waals surface area contributed by atoms with Crippen LogP contribution in [0.4, 0.5) is 0 Å². The third-order valence-corrected chi connectivity index (χ3v) is 10.9. The molecule has 0 fully saturated rings. The van der Waals surface area contributed by atoms with E-state index in [1.807, 2.05) is 0 Å². The van der Waals surface area contributed by atoms with Crippen LogP contribution in [0, 0.1) is 0 Å². The summed E-state index contributed by atoms with van der Waals surface area (Å²) in [6.07, 6.45) is 2.44. The standard InChI is InChI=1S/C46H36/c1-45(2)39-20-12-8-16-31(39)28-42(45)44-35-19-10-9-18-34(35)43(38-26-30(22-24-36(38)44)29-14-6-5-7-15-29)32-23-25-41-37(27-32)33-17-11-13-21-40(33)46(41,3)4/h5-28H,1-4H3. The second-order valence-corrected chi connectivity index (χ2v) is 14.1. The molecule has 2 aliphatic rings. The van der Waals surface area contributed by atoms with Crippen LogP contribution in [0.15, 0.2) is 140 Å². The van der Waals surface area contributed by atoms with Crippen molar-refractivity contribution in [3.63, 3.8) is 0 Å². The van der Waals surface area contributed by atoms with E-state index < -0.39 is 0 Å². The lowest BCUT2D eigenvalue weighted by Gasteiger charge is -2.28. The van der Waals surface area contributed by atoms with E-state index in [0.29, 0.717) is 0 Å². The molecule has 0 heterocycles. The van der Waals surface area contributed by atoms with Crippen molar-refractivity contribution in [2.75, 3.05) is 0 Å². The molecule has 0 amide bonds. The summed E-state index contributed by atoms with van der Waals surface area (Å²) in [5.41, 5.74) is 15.9. The van der Waals surface area contributed by atoms with Crippen LogP contribution < -0.4 is 0 Å². The zero-order valence-electron chi connectivity index (χ0n) is 26.9. The van der Waals surface area contributed by atoms with Gasteiger partial charge >= 0.3 is 0 Å². The van der Waals surface area contributed by atoms with Crippen molar-refractivity contribution < 1.29 is 0 Å². The molecule has 9 rings (SSSR count). The van der Waals surface area contributed by atoms with Crippen molar-refractivity contribution in [1.29, 1.82) is 0 Å². The molecule has 0 unspecified atom stereocenters. The summed E-state index contributed by atoms with van der Waals surface area (Å²) in [4.78, 5) is 0. The Labute approximate surface area is 271 Å². The van der Waals surface area contributed by atoms with Crippen LogP contribution in [0.25, 0.3) is 66.6 Å². The molecule has 46 heavy (non-hydrogen) atoms. The molecule has 220 valence electrons. The molecule has 0 saturated carbocycles. The minimum Gasteiger partial charge on any atom is -0.0622 e. The minimum atomic E-state index is -0.116. The van der Waals surface area contributed by atoms with Gasteiger partial charge in [-0.05, 0) is 107 Å². The fraction of sp³-hybridized carbons (Fsp3) is 0.130. The van der Waals surface area contributed by atoms with Gasteiger partial charge in [0.1, 0.15) is 0 Å². The van der Waals surface area contributed by atoms with E-state index in [0.717, 1.165) is 0 Å². The first kappa shape index (κ1) is 27.1. The van der Waals surface area contributed by atoms with Crippen LogP contribution in [-0.2, 0) is 10.8 Å². The van der Waals surface area contributed by atoms with Gasteiger partial charge in [-0.3, -0.25) is 0 Å². The number of rotatable bonds is 3. The summed E-state index contributed by atoms with van der Waals surface area (Å²) in [5, 5.41) is 5.22. The van der Waals surface area contributed by atoms with Gasteiger partial charge in [-0.25, -0.2) is 0 Å². The summed E-state index contributed by atoms with van der Waals surface area (Å²) in [5.74, 6) is 0. The molecule has 0 N–H and O–H groups in total. The average Bonchev–Trinajstić information content (AvgIpc) is 3.49. The average molecular weight is 589 g/mol. The minimum absolute atomic E-state index is 0.0194. The monoisotopic (exact) mass is 588 g/mol. The van der Waals surface area contributed by atoms with E-state index in [2.05, 4.69) is 173 Å². The maximum atomic E-state index is 2.47. The quantitative estimate of drug-likeness (QED) is 0.180. The lowest BCUT2D eigenvalue weighted by molar-refractivity contribution is 0.660. The number of allylic oxidation sites excluding steroid dienone is 1. The first-order chi connectivity index (χ1) is 22.3. The number of benzene rings is 7. The highest BCUT2D eigenvalue weighted by Gasteiger charge is 2.37. The molecular formula is C46H36. The predicted molar refractivity (Wildman–Crippen MR) is 197 cm³/mol. The van der Waals surface area contributed by atoms with Crippen molar-refractivity contribution in [3.05, 3.63) is 167 Å². The van der Waals surface area contributed by atoms with Crippen LogP contribution >= 0.6 is 0 Å². The number of hydrogen-bond acceptors (Lipinski definition) is 0. The summed E-state index contributed by atoms with van der Waals surface area (Å²) in [6.45, 7) is 9.49. The predicted octanol–water partition coefficient (Wildman–Crippen LogP) is 12.5. The normalized spacial score (nSPS) is 15.4. The second-order valence-electron chi connectivity index (χ2n) is 14.1. The molecule has 0 saturated heterocycles. The third-order valence-electron chi connectivity index (χ3n) is 10.9. The van der Waals surface area contributed by atoms with Crippen LogP contribution in [-0.4, -0.2) is 0 Å². The molecule has 0 atom stereocenters. The van der Waals surface area contributed by atoms with E-state index in [-0.39, 0.29) is 10.8 Å². The van der Waals surface area contributed by atoms with Crippen LogP contribution in [0.1, 0.15) is 55.5 Å². The molecule has 2 aliphatic carbocycles. The Morgan fingerprint density at radius 3 is 1.76 bits per heavy atom. The number of hydrogen-bond donors (Lipinski definition) is 0. The molecule has 0 aliphatic heterocycles. The van der Waals surface area contributed by atoms with E-state index in [9.17, 15) is 0 Å². The zero-order chi connectivity index (χ0) is 31.2. The highest BCUT2D eigenvalue weighted by molar-refractivity contribution is 6.21. The first-order valence-corrected chi connectivity index (χ1v) is 16.4. The van der Waals surface area contributed by atoms with Gasteiger partial charge < -0.3 is 0 Å². The van der Waals surface area contributed by atoms with Crippen LogP contribution in [0.3, 0.4) is 0 Å². The lowest BCUT2D eigenvalue weighted by atomic mass is 9.75. The van der Waals surface area contributed by atoms with Gasteiger partial charge in [0.25, 0.3) is 0 Å². The summed E-state index contributed by atoms with van der Waals surface area (Å²) in [6, 6.07) is 52.1. The van der Waals surface area contributed by atoms with Crippen molar-refractivity contribution in [2.24, 2.45) is 0 Å². The topological polar surface area (TPSA) is 0 Å². The van der Waals surface area contributed by atoms with Crippen LogP contribution in [0.2, 0.25) is 0 Å². The Morgan fingerprint density at radius 2 is 0.978 bits per heavy atom. The molecule has 0 aromatic heterocycles. The Kier molecular flexibility index (Phi) is 5.69. The van der Waals surface area contributed by atoms with Gasteiger partial charge in [-0.1, -0.05) is 155 Å². The van der Waals surface area contributed by atoms with Crippen LogP contribution in [0.5, 0.6) is 0 Å². The zero-order valence-corrected chi connectivity index (χ0v) is 26.9. The second kappa shape index (κ2) is 9.65. The van der Waals surface area contributed by atoms with Gasteiger partial charge in [0.05, 0.1) is 0 Å². The number of fused-ring (bicyclic) bond motifs is 6. The molecule has 0 spiro atoms. The van der Waals surface area contributed by atoms with Crippen molar-refractivity contribution in [3.8, 4) is 33.4 Å². The van der Waals surface area contributed by atoms with E-state index in [4.69, 9.17) is 0 Å². The lowest BCUT2D eigenvalue weighted by Crippen LogP contribution is -2.16. The van der Waals surface area contributed by atoms with Gasteiger partial charge in [-0.15, -0.1) is 0 Å². The molecular weight excluding hydrogens is 553 g/mol. The highest BCUT2D eigenvalue weighted by atomic mass is 14.4. The van der Waals surface area contributed by atoms with Gasteiger partial charge in [0.15, 0.2) is 0 Å². The summed E-state index contributed by atoms with van der Waals surface area (Å²) in [7, 11) is 0. The van der Waals surface area contributed by atoms with Crippen molar-refractivity contribution in [1.82, 2.24) is 0 Å². The highest BCUT2D eigenvalue weighted by Crippen LogP contribution is 2.54. The van der Waals surface area contributed by atoms with Gasteiger partial charge in [-0.2, -0.15) is 0 Å². The third kappa shape index (κ3) is 3.74. The van der Waals surface area contributed by atoms with Gasteiger partial charge in [0.2, 0.25) is 0 Å². The molecule has 0 bridgehead atoms. The van der Waals surface area contributed by atoms with Crippen molar-refractivity contribution in [2.45, 2.75) is 38.5 Å². The fourth-order valence-corrected chi connectivity index (χ4v) is 8.52. The molecule has 0 radical (unpaired) electrons. The Balaban J connectivity index is 1.39. The SMILES string of the molecule is CC1(C)C(c2c3ccccc3c(-c3ccc4c(c3)-c3ccccc3C4(C)C)c3cc(-c4ccccc4)ccc23)=Cc2ccccc21. The smallest absolute Gasteiger partial charge is 0.0159 e. The maximum absolute atomic E-state index is 2.47.